The summed E-state index contributed by atoms with van der Waals surface area (Å²) in [6.07, 6.45) is 1.63. The van der Waals surface area contributed by atoms with E-state index in [2.05, 4.69) is 40.4 Å². The lowest BCUT2D eigenvalue weighted by atomic mass is 9.92. The van der Waals surface area contributed by atoms with Crippen molar-refractivity contribution in [2.75, 3.05) is 20.2 Å². The molecular formula is C28H41N3O5SSi. The third-order valence-electron chi connectivity index (χ3n) is 7.70. The summed E-state index contributed by atoms with van der Waals surface area (Å²) in [5.41, 5.74) is 7.00. The van der Waals surface area contributed by atoms with Crippen LogP contribution in [0, 0.1) is 5.92 Å². The molecule has 2 aliphatic heterocycles. The highest BCUT2D eigenvalue weighted by atomic mass is 32.2. The number of fused-ring (bicyclic) bond motifs is 1. The van der Waals surface area contributed by atoms with Gasteiger partial charge in [-0.25, -0.2) is 4.79 Å². The van der Waals surface area contributed by atoms with Gasteiger partial charge in [0.05, 0.1) is 18.1 Å². The van der Waals surface area contributed by atoms with Crippen LogP contribution in [-0.2, 0) is 30.0 Å². The first-order chi connectivity index (χ1) is 17.7. The molecule has 8 nitrogen and oxygen atoms in total. The first kappa shape index (κ1) is 30.1. The molecule has 0 aromatic heterocycles. The Morgan fingerprint density at radius 3 is 2.45 bits per heavy atom. The molecule has 2 heterocycles. The van der Waals surface area contributed by atoms with E-state index >= 15 is 0 Å². The van der Waals surface area contributed by atoms with Crippen molar-refractivity contribution in [1.29, 1.82) is 0 Å². The number of benzene rings is 1. The smallest absolute Gasteiger partial charge is 0.356 e. The molecule has 1 saturated heterocycles. The molecule has 0 radical (unpaired) electrons. The summed E-state index contributed by atoms with van der Waals surface area (Å²) in [4.78, 5) is 43.0. The maximum absolute atomic E-state index is 13.4. The van der Waals surface area contributed by atoms with Gasteiger partial charge in [-0.05, 0) is 44.1 Å². The fraction of sp³-hybridized carbons (Fsp3) is 0.536. The Hall–Kier alpha value is -2.40. The van der Waals surface area contributed by atoms with Crippen molar-refractivity contribution >= 4 is 37.9 Å². The van der Waals surface area contributed by atoms with Gasteiger partial charge < -0.3 is 14.9 Å². The van der Waals surface area contributed by atoms with Crippen molar-refractivity contribution in [3.05, 3.63) is 59.2 Å². The minimum atomic E-state index is -2.11. The number of hydrogen-bond donors (Lipinski definition) is 1. The lowest BCUT2D eigenvalue weighted by Gasteiger charge is -2.48. The van der Waals surface area contributed by atoms with Gasteiger partial charge in [-0.2, -0.15) is 0 Å². The number of rotatable bonds is 12. The third-order valence-corrected chi connectivity index (χ3v) is 13.6. The molecule has 0 unspecified atom stereocenters. The normalized spacial score (nSPS) is 21.2. The number of carbonyl (C=O) groups excluding carboxylic acids is 3. The van der Waals surface area contributed by atoms with E-state index in [0.29, 0.717) is 11.3 Å². The van der Waals surface area contributed by atoms with Crippen LogP contribution in [0.25, 0.3) is 0 Å². The lowest BCUT2D eigenvalue weighted by molar-refractivity contribution is -0.157. The van der Waals surface area contributed by atoms with Gasteiger partial charge in [-0.1, -0.05) is 63.8 Å². The highest BCUT2D eigenvalue weighted by Crippen LogP contribution is 2.52. The van der Waals surface area contributed by atoms with Crippen LogP contribution in [0.15, 0.2) is 53.6 Å². The number of primary amides is 1. The second kappa shape index (κ2) is 11.8. The third kappa shape index (κ3) is 6.25. The summed E-state index contributed by atoms with van der Waals surface area (Å²) in [6.45, 7) is 16.7. The second-order valence-corrected chi connectivity index (χ2v) is 17.5. The summed E-state index contributed by atoms with van der Waals surface area (Å²) < 4.78 is 11.9. The fourth-order valence-electron chi connectivity index (χ4n) is 4.51. The zero-order chi connectivity index (χ0) is 28.4. The van der Waals surface area contributed by atoms with E-state index in [4.69, 9.17) is 14.9 Å². The van der Waals surface area contributed by atoms with Crippen LogP contribution in [0.4, 0.5) is 0 Å². The van der Waals surface area contributed by atoms with Crippen LogP contribution in [-0.4, -0.2) is 73.6 Å². The predicted molar refractivity (Wildman–Crippen MR) is 153 cm³/mol. The lowest BCUT2D eigenvalue weighted by Crippen LogP contribution is -2.62. The van der Waals surface area contributed by atoms with E-state index in [1.165, 1.54) is 22.7 Å². The van der Waals surface area contributed by atoms with Crippen LogP contribution in [0.2, 0.25) is 18.1 Å². The molecule has 0 aliphatic carbocycles. The van der Waals surface area contributed by atoms with Crippen molar-refractivity contribution < 1.29 is 23.5 Å². The van der Waals surface area contributed by atoms with Gasteiger partial charge >= 0.3 is 5.97 Å². The molecule has 2 amide bonds. The van der Waals surface area contributed by atoms with Crippen molar-refractivity contribution in [3.8, 4) is 0 Å². The first-order valence-electron chi connectivity index (χ1n) is 12.9. The van der Waals surface area contributed by atoms with Gasteiger partial charge in [-0.15, -0.1) is 11.8 Å². The van der Waals surface area contributed by atoms with E-state index < -0.39 is 26.2 Å². The van der Waals surface area contributed by atoms with Gasteiger partial charge in [0, 0.05) is 11.4 Å². The molecule has 4 atom stereocenters. The summed E-state index contributed by atoms with van der Waals surface area (Å²) in [5.74, 6) is -1.56. The van der Waals surface area contributed by atoms with Crippen LogP contribution in [0.5, 0.6) is 0 Å². The summed E-state index contributed by atoms with van der Waals surface area (Å²) >= 11 is 1.47. The Bertz CT molecular complexity index is 1100. The Labute approximate surface area is 231 Å². The van der Waals surface area contributed by atoms with Crippen LogP contribution in [0.1, 0.15) is 33.3 Å². The quantitative estimate of drug-likeness (QED) is 0.179. The predicted octanol–water partition coefficient (Wildman–Crippen LogP) is 3.90. The maximum atomic E-state index is 13.4. The van der Waals surface area contributed by atoms with Crippen LogP contribution < -0.4 is 5.73 Å². The van der Waals surface area contributed by atoms with Crippen molar-refractivity contribution in [2.45, 2.75) is 69.8 Å². The van der Waals surface area contributed by atoms with Crippen LogP contribution in [0.3, 0.4) is 0 Å². The second-order valence-electron chi connectivity index (χ2n) is 11.5. The minimum Gasteiger partial charge on any atom is -0.457 e. The van der Waals surface area contributed by atoms with E-state index in [0.717, 1.165) is 5.56 Å². The molecule has 2 N–H and O–H groups in total. The summed E-state index contributed by atoms with van der Waals surface area (Å²) in [6, 6.07) is 9.06. The summed E-state index contributed by atoms with van der Waals surface area (Å²) in [5, 5.41) is -0.261. The standard InChI is InChI=1S/C28H41N3O5SSi/c1-9-15-35-27(34)23-21(17-30(6)20(24(29)32)16-19-13-11-10-12-14-19)37-26-22(25(33)31(23)26)18(2)36-38(7,8)28(3,4)5/h9-14,18,20,22,26H,1,15-17H2,2-8H3,(H2,29,32)/t18-,20+,22+,26-/m1/s1. The Balaban J connectivity index is 1.84. The molecule has 1 aromatic carbocycles. The molecule has 0 bridgehead atoms. The van der Waals surface area contributed by atoms with Gasteiger partial charge in [0.1, 0.15) is 17.7 Å². The number of β-lactam (4-membered cyclic amide) rings is 1. The van der Waals surface area contributed by atoms with Gasteiger partial charge in [0.2, 0.25) is 11.8 Å². The number of thioether (sulfide) groups is 1. The zero-order valence-corrected chi connectivity index (χ0v) is 25.3. The topological polar surface area (TPSA) is 102 Å². The van der Waals surface area contributed by atoms with Crippen LogP contribution >= 0.6 is 11.8 Å². The van der Waals surface area contributed by atoms with Gasteiger partial charge in [0.15, 0.2) is 8.32 Å². The van der Waals surface area contributed by atoms with Crippen molar-refractivity contribution in [2.24, 2.45) is 11.7 Å². The number of nitrogens with two attached hydrogens (primary N) is 1. The number of esters is 1. The largest absolute Gasteiger partial charge is 0.457 e. The molecule has 3 rings (SSSR count). The van der Waals surface area contributed by atoms with E-state index in [-0.39, 0.29) is 47.2 Å². The number of ether oxygens (including phenoxy) is 1. The maximum Gasteiger partial charge on any atom is 0.356 e. The molecule has 208 valence electrons. The molecule has 2 aliphatic rings. The van der Waals surface area contributed by atoms with Crippen molar-refractivity contribution in [1.82, 2.24) is 9.80 Å². The van der Waals surface area contributed by atoms with Gasteiger partial charge in [0.25, 0.3) is 0 Å². The average molecular weight is 560 g/mol. The molecular weight excluding hydrogens is 518 g/mol. The van der Waals surface area contributed by atoms with E-state index in [9.17, 15) is 14.4 Å². The molecule has 10 heteroatoms. The summed E-state index contributed by atoms with van der Waals surface area (Å²) in [7, 11) is -0.305. The Morgan fingerprint density at radius 1 is 1.26 bits per heavy atom. The number of hydrogen-bond acceptors (Lipinski definition) is 7. The molecule has 1 aromatic rings. The molecule has 0 spiro atoms. The van der Waals surface area contributed by atoms with Crippen molar-refractivity contribution in [3.63, 3.8) is 0 Å². The molecule has 38 heavy (non-hydrogen) atoms. The number of carbonyl (C=O) groups is 3. The van der Waals surface area contributed by atoms with E-state index in [1.54, 1.807) is 7.05 Å². The molecule has 1 fully saturated rings. The number of likely N-dealkylation sites (N-methyl/N-ethyl adjacent to an activating group) is 1. The Kier molecular flexibility index (Phi) is 9.34. The van der Waals surface area contributed by atoms with E-state index in [1.807, 2.05) is 42.2 Å². The fourth-order valence-corrected chi connectivity index (χ4v) is 7.60. The minimum absolute atomic E-state index is 0.00483. The highest BCUT2D eigenvalue weighted by Gasteiger charge is 2.59. The number of amides is 2. The highest BCUT2D eigenvalue weighted by molar-refractivity contribution is 8.04. The zero-order valence-electron chi connectivity index (χ0n) is 23.5. The first-order valence-corrected chi connectivity index (χ1v) is 16.7. The SMILES string of the molecule is C=CCOC(=O)C1=C(CN(C)[C@@H](Cc2ccccc2)C(N)=O)S[C@@H]2[C@@H]([C@@H](C)O[Si](C)(C)C(C)(C)C)C(=O)N12. The number of nitrogens with zero attached hydrogens (tertiary/aromatic N) is 2. The molecule has 0 saturated carbocycles. The Morgan fingerprint density at radius 2 is 1.89 bits per heavy atom. The van der Waals surface area contributed by atoms with Gasteiger partial charge in [-0.3, -0.25) is 19.4 Å². The average Bonchev–Trinajstić information content (AvgIpc) is 3.14. The monoisotopic (exact) mass is 559 g/mol.